The number of rotatable bonds is 8. The van der Waals surface area contributed by atoms with Crippen molar-refractivity contribution >= 4 is 26.7 Å². The molecule has 0 heterocycles. The average molecular weight is 563 g/mol. The van der Waals surface area contributed by atoms with E-state index in [-0.39, 0.29) is 23.7 Å². The van der Waals surface area contributed by atoms with Crippen LogP contribution in [0.2, 0.25) is 0 Å². The van der Waals surface area contributed by atoms with Crippen molar-refractivity contribution in [2.75, 3.05) is 0 Å². The van der Waals surface area contributed by atoms with E-state index in [4.69, 9.17) is 0 Å². The van der Waals surface area contributed by atoms with Crippen LogP contribution in [0.4, 0.5) is 5.73 Å². The van der Waals surface area contributed by atoms with Gasteiger partial charge in [0.1, 0.15) is 0 Å². The third-order valence-corrected chi connectivity index (χ3v) is 13.8. The molecule has 0 atom stereocenters. The molecular weight excluding hydrogens is 517 g/mol. The van der Waals surface area contributed by atoms with E-state index in [1.54, 1.807) is 0 Å². The third kappa shape index (κ3) is 5.85. The van der Waals surface area contributed by atoms with Crippen LogP contribution in [0.15, 0.2) is 24.3 Å². The van der Waals surface area contributed by atoms with Crippen molar-refractivity contribution in [3.05, 3.63) is 57.6 Å². The molecule has 0 fully saturated rings. The summed E-state index contributed by atoms with van der Waals surface area (Å²) in [6.45, 7) is 25.2. The van der Waals surface area contributed by atoms with E-state index in [0.29, 0.717) is 19.0 Å². The Morgan fingerprint density at radius 3 is 0.788 bits per heavy atom. The van der Waals surface area contributed by atoms with Crippen LogP contribution in [0.25, 0.3) is 0 Å². The van der Waals surface area contributed by atoms with Crippen molar-refractivity contribution < 1.29 is 5.73 Å². The maximum absolute atomic E-state index is 17.2. The van der Waals surface area contributed by atoms with Crippen LogP contribution < -0.4 is 7.16 Å². The monoisotopic (exact) mass is 564 g/mol. The number of benzene rings is 2. The van der Waals surface area contributed by atoms with Crippen molar-refractivity contribution in [2.24, 2.45) is 0 Å². The van der Waals surface area contributed by atoms with E-state index >= 15 is 5.73 Å². The molecule has 0 amide bonds. The van der Waals surface area contributed by atoms with E-state index in [0.717, 1.165) is 22.3 Å². The molecule has 0 bridgehead atoms. The van der Waals surface area contributed by atoms with E-state index in [2.05, 4.69) is 107 Å². The molecule has 0 saturated carbocycles. The average Bonchev–Trinajstić information content (AvgIpc) is 2.71. The predicted molar refractivity (Wildman–Crippen MR) is 145 cm³/mol. The first-order valence-corrected chi connectivity index (χ1v) is 17.9. The van der Waals surface area contributed by atoms with E-state index in [1.165, 1.54) is 11.1 Å². The van der Waals surface area contributed by atoms with E-state index in [9.17, 15) is 0 Å². The molecule has 3 heteroatoms. The summed E-state index contributed by atoms with van der Waals surface area (Å²) in [6, 6.07) is 8.36. The fraction of sp³-hybridized carbons (Fsp3) is 0.600. The van der Waals surface area contributed by atoms with Crippen LogP contribution in [0, 0.1) is 0 Å². The van der Waals surface area contributed by atoms with Gasteiger partial charge in [0.05, 0.1) is 0 Å². The van der Waals surface area contributed by atoms with Crippen molar-refractivity contribution in [3.63, 3.8) is 0 Å². The van der Waals surface area contributed by atoms with E-state index < -0.39 is 19.5 Å². The summed E-state index contributed by atoms with van der Waals surface area (Å²) in [4.78, 5) is 0. The van der Waals surface area contributed by atoms with Gasteiger partial charge in [-0.2, -0.15) is 0 Å². The molecule has 0 N–H and O–H groups in total. The van der Waals surface area contributed by atoms with Gasteiger partial charge in [-0.15, -0.1) is 0 Å². The molecule has 0 aliphatic heterocycles. The third-order valence-electron chi connectivity index (χ3n) is 6.89. The van der Waals surface area contributed by atoms with Gasteiger partial charge in [0.25, 0.3) is 0 Å². The zero-order chi connectivity index (χ0) is 25.4. The first kappa shape index (κ1) is 28.3. The minimum absolute atomic E-state index is 0.0683. The van der Waals surface area contributed by atoms with Gasteiger partial charge < -0.3 is 0 Å². The zero-order valence-corrected chi connectivity index (χ0v) is 25.9. The molecule has 2 rings (SSSR count). The molecule has 0 radical (unpaired) electrons. The van der Waals surface area contributed by atoms with Crippen molar-refractivity contribution in [2.45, 2.75) is 119 Å². The Kier molecular flexibility index (Phi) is 9.27. The molecule has 0 spiro atoms. The second-order valence-corrected chi connectivity index (χ2v) is 17.8. The molecule has 0 nitrogen and oxygen atoms in total. The SMILES string of the molecule is CC(C)c1cc(C(C)C)[c]([Sn]([F])([F])[c]2c(C(C)C)cc(C(C)C)cc2C(C)C)c(C(C)C)c1. The standard InChI is InChI=1S/2C15H23.2FH.Sn/c2*1-10(2)13-7-14(11(3)4)9-15(8-13)12(5)6;;;/h2*7-8,10-12H,1-6H3;2*1H;/q;;;;+2/p-2. The van der Waals surface area contributed by atoms with Gasteiger partial charge in [-0.05, 0) is 0 Å². The minimum atomic E-state index is -5.99. The van der Waals surface area contributed by atoms with Crippen molar-refractivity contribution in [1.29, 1.82) is 0 Å². The fourth-order valence-electron chi connectivity index (χ4n) is 4.76. The number of hydrogen-bond donors (Lipinski definition) is 0. The van der Waals surface area contributed by atoms with Crippen LogP contribution >= 0.6 is 0 Å². The van der Waals surface area contributed by atoms with Crippen molar-refractivity contribution in [3.8, 4) is 0 Å². The first-order valence-electron chi connectivity index (χ1n) is 12.8. The van der Waals surface area contributed by atoms with E-state index in [1.807, 2.05) is 0 Å². The van der Waals surface area contributed by atoms with Gasteiger partial charge in [-0.3, -0.25) is 0 Å². The molecule has 2 aromatic carbocycles. The van der Waals surface area contributed by atoms with Crippen LogP contribution in [-0.2, 0) is 0 Å². The van der Waals surface area contributed by atoms with Gasteiger partial charge in [0, 0.05) is 0 Å². The second kappa shape index (κ2) is 10.8. The summed E-state index contributed by atoms with van der Waals surface area (Å²) < 4.78 is 35.4. The molecule has 0 aromatic heterocycles. The molecule has 2 aromatic rings. The van der Waals surface area contributed by atoms with Gasteiger partial charge in [0.15, 0.2) is 0 Å². The van der Waals surface area contributed by atoms with Crippen LogP contribution in [0.5, 0.6) is 0 Å². The maximum atomic E-state index is 17.2. The van der Waals surface area contributed by atoms with Crippen LogP contribution in [-0.4, -0.2) is 19.5 Å². The molecule has 0 saturated heterocycles. The summed E-state index contributed by atoms with van der Waals surface area (Å²) in [5.74, 6) is 0.913. The molecule has 33 heavy (non-hydrogen) atoms. The molecular formula is C30H46F2Sn. The van der Waals surface area contributed by atoms with Gasteiger partial charge >= 0.3 is 209 Å². The van der Waals surface area contributed by atoms with Crippen molar-refractivity contribution in [1.82, 2.24) is 0 Å². The number of halogens is 2. The Balaban J connectivity index is 3.06. The molecule has 184 valence electrons. The Hall–Kier alpha value is -0.901. The van der Waals surface area contributed by atoms with Gasteiger partial charge in [-0.25, -0.2) is 0 Å². The molecule has 0 aliphatic rings. The van der Waals surface area contributed by atoms with Crippen LogP contribution in [0.3, 0.4) is 0 Å². The Morgan fingerprint density at radius 2 is 0.636 bits per heavy atom. The topological polar surface area (TPSA) is 0 Å². The summed E-state index contributed by atoms with van der Waals surface area (Å²) in [5.41, 5.74) is 5.87. The molecule has 0 unspecified atom stereocenters. The Labute approximate surface area is 208 Å². The fourth-order valence-corrected chi connectivity index (χ4v) is 13.7. The summed E-state index contributed by atoms with van der Waals surface area (Å²) in [7, 11) is 0. The zero-order valence-electron chi connectivity index (χ0n) is 23.0. The first-order chi connectivity index (χ1) is 15.1. The van der Waals surface area contributed by atoms with Gasteiger partial charge in [0.2, 0.25) is 0 Å². The Bertz CT molecular complexity index is 830. The summed E-state index contributed by atoms with van der Waals surface area (Å²) in [5, 5.41) is 0. The van der Waals surface area contributed by atoms with Crippen LogP contribution in [0.1, 0.15) is 152 Å². The Morgan fingerprint density at radius 1 is 0.424 bits per heavy atom. The molecule has 0 aliphatic carbocycles. The quantitative estimate of drug-likeness (QED) is 0.282. The summed E-state index contributed by atoms with van der Waals surface area (Å²) in [6.07, 6.45) is 0. The second-order valence-electron chi connectivity index (χ2n) is 11.7. The predicted octanol–water partition coefficient (Wildman–Crippen LogP) is 8.92. The van der Waals surface area contributed by atoms with Gasteiger partial charge in [-0.1, -0.05) is 0 Å². The summed E-state index contributed by atoms with van der Waals surface area (Å²) >= 11 is -5.99. The number of hydrogen-bond acceptors (Lipinski definition) is 0. The normalized spacial score (nSPS) is 13.0.